The maximum Gasteiger partial charge on any atom is 0.259 e. The fourth-order valence-corrected chi connectivity index (χ4v) is 3.71. The lowest BCUT2D eigenvalue weighted by molar-refractivity contribution is 0.189. The molecule has 0 fully saturated rings. The van der Waals surface area contributed by atoms with Crippen molar-refractivity contribution in [3.05, 3.63) is 75.7 Å². The van der Waals surface area contributed by atoms with Crippen LogP contribution in [0, 0.1) is 13.8 Å². The van der Waals surface area contributed by atoms with E-state index in [9.17, 15) is 4.79 Å². The molecule has 0 spiro atoms. The van der Waals surface area contributed by atoms with Gasteiger partial charge in [-0.3, -0.25) is 19.2 Å². The Morgan fingerprint density at radius 2 is 1.70 bits per heavy atom. The van der Waals surface area contributed by atoms with E-state index in [-0.39, 0.29) is 5.56 Å². The van der Waals surface area contributed by atoms with Crippen molar-refractivity contribution in [2.24, 2.45) is 0 Å². The highest BCUT2D eigenvalue weighted by atomic mass is 16.5. The lowest BCUT2D eigenvalue weighted by atomic mass is 10.2. The van der Waals surface area contributed by atoms with Gasteiger partial charge in [0.2, 0.25) is 5.95 Å². The van der Waals surface area contributed by atoms with Crippen molar-refractivity contribution in [2.75, 3.05) is 25.8 Å². The molecule has 30 heavy (non-hydrogen) atoms. The number of methoxy groups -OCH3 is 2. The summed E-state index contributed by atoms with van der Waals surface area (Å²) in [6.07, 6.45) is 0. The molecule has 7 heteroatoms. The highest BCUT2D eigenvalue weighted by Gasteiger charge is 2.28. The average molecular weight is 406 g/mol. The summed E-state index contributed by atoms with van der Waals surface area (Å²) in [5.41, 5.74) is 3.42. The van der Waals surface area contributed by atoms with Crippen LogP contribution < -0.4 is 19.9 Å². The van der Waals surface area contributed by atoms with Gasteiger partial charge >= 0.3 is 0 Å². The van der Waals surface area contributed by atoms with Crippen molar-refractivity contribution in [2.45, 2.75) is 27.1 Å². The maximum absolute atomic E-state index is 13.1. The number of benzene rings is 2. The van der Waals surface area contributed by atoms with Gasteiger partial charge in [0.1, 0.15) is 11.5 Å². The number of hydrogen-bond donors (Lipinski definition) is 0. The van der Waals surface area contributed by atoms with E-state index in [1.54, 1.807) is 18.8 Å². The summed E-state index contributed by atoms with van der Waals surface area (Å²) in [5, 5.41) is 0. The van der Waals surface area contributed by atoms with E-state index in [0.29, 0.717) is 31.4 Å². The summed E-state index contributed by atoms with van der Waals surface area (Å²) in [7, 11) is 3.31. The molecule has 1 aliphatic rings. The zero-order valence-electron chi connectivity index (χ0n) is 17.8. The molecule has 0 atom stereocenters. The molecular formula is C23H26N4O3. The fraction of sp³-hybridized carbons (Fsp3) is 0.304. The third-order valence-corrected chi connectivity index (χ3v) is 5.48. The first-order chi connectivity index (χ1) is 14.5. The molecule has 0 aliphatic carbocycles. The van der Waals surface area contributed by atoms with Crippen LogP contribution in [0.5, 0.6) is 11.5 Å². The predicted octanol–water partition coefficient (Wildman–Crippen LogP) is 3.45. The topological polar surface area (TPSA) is 59.8 Å². The second-order valence-electron chi connectivity index (χ2n) is 7.42. The molecule has 3 aromatic rings. The first-order valence-electron chi connectivity index (χ1n) is 9.85. The van der Waals surface area contributed by atoms with Crippen LogP contribution in [0.25, 0.3) is 0 Å². The number of hydrogen-bond acceptors (Lipinski definition) is 6. The van der Waals surface area contributed by atoms with Crippen LogP contribution in [-0.2, 0) is 13.2 Å². The average Bonchev–Trinajstić information content (AvgIpc) is 2.78. The number of ether oxygens (including phenoxy) is 2. The fourth-order valence-electron chi connectivity index (χ4n) is 3.71. The SMILES string of the molecule is COc1ccc(CN2CN(c3ccccc3OC)c3nc(C)c(C)c(=O)n3C2)cc1. The van der Waals surface area contributed by atoms with Gasteiger partial charge in [-0.2, -0.15) is 0 Å². The number of para-hydroxylation sites is 2. The Hall–Kier alpha value is -3.32. The Morgan fingerprint density at radius 3 is 2.40 bits per heavy atom. The van der Waals surface area contributed by atoms with Gasteiger partial charge in [0.15, 0.2) is 0 Å². The summed E-state index contributed by atoms with van der Waals surface area (Å²) in [6, 6.07) is 15.8. The Kier molecular flexibility index (Phi) is 5.46. The van der Waals surface area contributed by atoms with Gasteiger partial charge < -0.3 is 9.47 Å². The van der Waals surface area contributed by atoms with Gasteiger partial charge in [-0.25, -0.2) is 4.98 Å². The molecule has 0 amide bonds. The van der Waals surface area contributed by atoms with Gasteiger partial charge in [-0.1, -0.05) is 24.3 Å². The lowest BCUT2D eigenvalue weighted by Crippen LogP contribution is -2.47. The van der Waals surface area contributed by atoms with E-state index in [1.807, 2.05) is 67.3 Å². The van der Waals surface area contributed by atoms with Crippen LogP contribution in [0.4, 0.5) is 11.6 Å². The Morgan fingerprint density at radius 1 is 0.967 bits per heavy atom. The van der Waals surface area contributed by atoms with Crippen molar-refractivity contribution < 1.29 is 9.47 Å². The molecule has 2 aromatic carbocycles. The third kappa shape index (κ3) is 3.64. The molecule has 2 heterocycles. The quantitative estimate of drug-likeness (QED) is 0.647. The number of fused-ring (bicyclic) bond motifs is 1. The monoisotopic (exact) mass is 406 g/mol. The Balaban J connectivity index is 1.76. The van der Waals surface area contributed by atoms with Crippen molar-refractivity contribution in [3.63, 3.8) is 0 Å². The molecule has 1 aromatic heterocycles. The molecule has 7 nitrogen and oxygen atoms in total. The molecule has 0 bridgehead atoms. The largest absolute Gasteiger partial charge is 0.497 e. The van der Waals surface area contributed by atoms with Crippen molar-refractivity contribution >= 4 is 11.6 Å². The molecule has 4 rings (SSSR count). The van der Waals surface area contributed by atoms with Gasteiger partial charge in [0, 0.05) is 17.8 Å². The second-order valence-corrected chi connectivity index (χ2v) is 7.42. The lowest BCUT2D eigenvalue weighted by Gasteiger charge is -2.38. The van der Waals surface area contributed by atoms with Crippen molar-refractivity contribution in [1.82, 2.24) is 14.5 Å². The number of aryl methyl sites for hydroxylation is 1. The summed E-state index contributed by atoms with van der Waals surface area (Å²) in [6.45, 7) is 5.45. The van der Waals surface area contributed by atoms with Crippen LogP contribution in [-0.4, -0.2) is 35.3 Å². The highest BCUT2D eigenvalue weighted by Crippen LogP contribution is 2.35. The molecule has 0 radical (unpaired) electrons. The molecule has 0 N–H and O–H groups in total. The smallest absolute Gasteiger partial charge is 0.259 e. The highest BCUT2D eigenvalue weighted by molar-refractivity contribution is 5.66. The van der Waals surface area contributed by atoms with Gasteiger partial charge in [0.25, 0.3) is 5.56 Å². The van der Waals surface area contributed by atoms with Crippen LogP contribution in [0.3, 0.4) is 0 Å². The predicted molar refractivity (Wildman–Crippen MR) is 117 cm³/mol. The zero-order valence-corrected chi connectivity index (χ0v) is 17.8. The number of nitrogens with zero attached hydrogens (tertiary/aromatic N) is 4. The number of anilines is 2. The van der Waals surface area contributed by atoms with Crippen LogP contribution in [0.15, 0.2) is 53.3 Å². The maximum atomic E-state index is 13.1. The standard InChI is InChI=1S/C23H26N4O3/c1-16-17(2)24-23-26(20-7-5-6-8-21(20)30-4)14-25(15-27(23)22(16)28)13-18-9-11-19(29-3)12-10-18/h5-12H,13-15H2,1-4H3. The minimum Gasteiger partial charge on any atom is -0.497 e. The van der Waals surface area contributed by atoms with E-state index >= 15 is 0 Å². The first kappa shape index (κ1) is 20.0. The van der Waals surface area contributed by atoms with Crippen molar-refractivity contribution in [3.8, 4) is 11.5 Å². The van der Waals surface area contributed by atoms with E-state index in [0.717, 1.165) is 28.4 Å². The van der Waals surface area contributed by atoms with E-state index in [1.165, 1.54) is 0 Å². The summed E-state index contributed by atoms with van der Waals surface area (Å²) >= 11 is 0. The van der Waals surface area contributed by atoms with E-state index in [2.05, 4.69) is 4.90 Å². The summed E-state index contributed by atoms with van der Waals surface area (Å²) in [4.78, 5) is 22.1. The van der Waals surface area contributed by atoms with Crippen LogP contribution in [0.2, 0.25) is 0 Å². The summed E-state index contributed by atoms with van der Waals surface area (Å²) in [5.74, 6) is 2.20. The minimum atomic E-state index is -0.0168. The third-order valence-electron chi connectivity index (χ3n) is 5.48. The Labute approximate surface area is 176 Å². The van der Waals surface area contributed by atoms with Crippen LogP contribution >= 0.6 is 0 Å². The molecular weight excluding hydrogens is 380 g/mol. The Bertz CT molecular complexity index is 1110. The zero-order chi connectivity index (χ0) is 21.3. The normalized spacial score (nSPS) is 13.8. The molecule has 0 unspecified atom stereocenters. The molecule has 156 valence electrons. The van der Waals surface area contributed by atoms with Crippen LogP contribution in [0.1, 0.15) is 16.8 Å². The molecule has 0 saturated heterocycles. The summed E-state index contributed by atoms with van der Waals surface area (Å²) < 4.78 is 12.6. The molecule has 1 aliphatic heterocycles. The molecule has 0 saturated carbocycles. The first-order valence-corrected chi connectivity index (χ1v) is 9.85. The minimum absolute atomic E-state index is 0.0168. The van der Waals surface area contributed by atoms with E-state index in [4.69, 9.17) is 14.5 Å². The van der Waals surface area contributed by atoms with Gasteiger partial charge in [0.05, 0.1) is 33.2 Å². The van der Waals surface area contributed by atoms with Crippen molar-refractivity contribution in [1.29, 1.82) is 0 Å². The van der Waals surface area contributed by atoms with Gasteiger partial charge in [-0.05, 0) is 43.7 Å². The second kappa shape index (κ2) is 8.20. The number of rotatable bonds is 5. The van der Waals surface area contributed by atoms with Gasteiger partial charge in [-0.15, -0.1) is 0 Å². The van der Waals surface area contributed by atoms with E-state index < -0.39 is 0 Å². The number of aromatic nitrogens is 2.